The van der Waals surface area contributed by atoms with Crippen LogP contribution in [0.15, 0.2) is 18.2 Å². The van der Waals surface area contributed by atoms with E-state index in [0.717, 1.165) is 16.1 Å². The molecule has 2 aromatic rings. The molecule has 0 N–H and O–H groups in total. The van der Waals surface area contributed by atoms with E-state index in [1.54, 1.807) is 11.0 Å². The van der Waals surface area contributed by atoms with Crippen molar-refractivity contribution in [3.05, 3.63) is 28.3 Å². The highest BCUT2D eigenvalue weighted by molar-refractivity contribution is 7.88. The molecule has 1 aromatic heterocycles. The van der Waals surface area contributed by atoms with E-state index in [9.17, 15) is 23.3 Å². The number of hydrogen-bond acceptors (Lipinski definition) is 8. The molecule has 0 bridgehead atoms. The molecule has 4 rings (SSSR count). The van der Waals surface area contributed by atoms with Crippen molar-refractivity contribution in [2.45, 2.75) is 18.9 Å². The number of amides is 1. The highest BCUT2D eigenvalue weighted by Gasteiger charge is 2.39. The molecule has 0 spiro atoms. The number of hydrogen-bond donors (Lipinski definition) is 0. The van der Waals surface area contributed by atoms with Gasteiger partial charge in [-0.05, 0) is 18.9 Å². The Hall–Kier alpha value is -2.31. The van der Waals surface area contributed by atoms with Crippen molar-refractivity contribution in [3.63, 3.8) is 0 Å². The van der Waals surface area contributed by atoms with Crippen LogP contribution in [0.3, 0.4) is 0 Å². The van der Waals surface area contributed by atoms with Crippen molar-refractivity contribution >= 4 is 48.3 Å². The van der Waals surface area contributed by atoms with Crippen molar-refractivity contribution in [1.29, 1.82) is 0 Å². The van der Waals surface area contributed by atoms with Gasteiger partial charge in [0.05, 0.1) is 21.4 Å². The van der Waals surface area contributed by atoms with Crippen LogP contribution in [0.25, 0.3) is 10.2 Å². The molecule has 2 saturated heterocycles. The molecule has 29 heavy (non-hydrogen) atoms. The van der Waals surface area contributed by atoms with Gasteiger partial charge in [0.25, 0.3) is 5.69 Å². The van der Waals surface area contributed by atoms with Crippen LogP contribution < -0.4 is 4.90 Å². The lowest BCUT2D eigenvalue weighted by Crippen LogP contribution is -2.54. The molecule has 1 aromatic carbocycles. The largest absolute Gasteiger partial charge is 0.345 e. The normalized spacial score (nSPS) is 21.1. The van der Waals surface area contributed by atoms with E-state index in [4.69, 9.17) is 0 Å². The van der Waals surface area contributed by atoms with Gasteiger partial charge in [-0.3, -0.25) is 14.9 Å². The van der Waals surface area contributed by atoms with Gasteiger partial charge in [0, 0.05) is 44.9 Å². The Morgan fingerprint density at radius 3 is 2.62 bits per heavy atom. The molecule has 10 nitrogen and oxygen atoms in total. The number of piperazine rings is 1. The van der Waals surface area contributed by atoms with Crippen LogP contribution in [-0.4, -0.2) is 78.5 Å². The molecule has 1 unspecified atom stereocenters. The summed E-state index contributed by atoms with van der Waals surface area (Å²) >= 11 is 1.39. The Morgan fingerprint density at radius 1 is 1.24 bits per heavy atom. The zero-order chi connectivity index (χ0) is 20.8. The van der Waals surface area contributed by atoms with Gasteiger partial charge in [0.2, 0.25) is 15.9 Å². The average Bonchev–Trinajstić information content (AvgIpc) is 3.33. The number of thiazole rings is 1. The third-order valence-corrected chi connectivity index (χ3v) is 7.72. The summed E-state index contributed by atoms with van der Waals surface area (Å²) in [5.41, 5.74) is 0.749. The number of nitro groups is 1. The first-order valence-corrected chi connectivity index (χ1v) is 12.0. The molecule has 2 aliphatic rings. The summed E-state index contributed by atoms with van der Waals surface area (Å²) in [4.78, 5) is 31.7. The Bertz CT molecular complexity index is 1060. The monoisotopic (exact) mass is 439 g/mol. The summed E-state index contributed by atoms with van der Waals surface area (Å²) in [7, 11) is -3.39. The fraction of sp³-hybridized carbons (Fsp3) is 0.529. The van der Waals surface area contributed by atoms with Crippen LogP contribution in [0, 0.1) is 10.1 Å². The fourth-order valence-corrected chi connectivity index (χ4v) is 6.03. The van der Waals surface area contributed by atoms with Crippen LogP contribution in [0.5, 0.6) is 0 Å². The van der Waals surface area contributed by atoms with Gasteiger partial charge in [-0.1, -0.05) is 11.3 Å². The first-order valence-electron chi connectivity index (χ1n) is 9.29. The van der Waals surface area contributed by atoms with Gasteiger partial charge < -0.3 is 9.80 Å². The van der Waals surface area contributed by atoms with Crippen LogP contribution in [0.2, 0.25) is 0 Å². The van der Waals surface area contributed by atoms with E-state index in [1.807, 2.05) is 0 Å². The minimum atomic E-state index is -3.39. The molecular formula is C17H21N5O5S2. The topological polar surface area (TPSA) is 117 Å². The predicted octanol–water partition coefficient (Wildman–Crippen LogP) is 1.28. The van der Waals surface area contributed by atoms with E-state index in [2.05, 4.69) is 9.88 Å². The quantitative estimate of drug-likeness (QED) is 0.520. The lowest BCUT2D eigenvalue weighted by atomic mass is 10.2. The maximum absolute atomic E-state index is 12.9. The third kappa shape index (κ3) is 3.91. The lowest BCUT2D eigenvalue weighted by Gasteiger charge is -2.36. The molecule has 0 aliphatic carbocycles. The summed E-state index contributed by atoms with van der Waals surface area (Å²) in [5.74, 6) is -0.132. The predicted molar refractivity (Wildman–Crippen MR) is 110 cm³/mol. The first-order chi connectivity index (χ1) is 13.7. The summed E-state index contributed by atoms with van der Waals surface area (Å²) < 4.78 is 25.9. The molecule has 1 amide bonds. The Kier molecular flexibility index (Phi) is 5.17. The zero-order valence-corrected chi connectivity index (χ0v) is 17.5. The SMILES string of the molecule is CS(=O)(=O)N1CCCC1C(=O)N1CCN(c2nc3ccc([N+](=O)[O-])cc3s2)CC1. The van der Waals surface area contributed by atoms with Crippen molar-refractivity contribution < 1.29 is 18.1 Å². The molecule has 156 valence electrons. The highest BCUT2D eigenvalue weighted by Crippen LogP contribution is 2.32. The minimum absolute atomic E-state index is 0.0371. The van der Waals surface area contributed by atoms with Crippen molar-refractivity contribution in [2.24, 2.45) is 0 Å². The number of fused-ring (bicyclic) bond motifs is 1. The number of non-ortho nitro benzene ring substituents is 1. The Balaban J connectivity index is 1.43. The summed E-state index contributed by atoms with van der Waals surface area (Å²) in [6, 6.07) is 4.01. The van der Waals surface area contributed by atoms with Gasteiger partial charge in [-0.25, -0.2) is 13.4 Å². The molecule has 2 aliphatic heterocycles. The molecule has 3 heterocycles. The average molecular weight is 440 g/mol. The van der Waals surface area contributed by atoms with Crippen LogP contribution in [-0.2, 0) is 14.8 Å². The molecule has 2 fully saturated rings. The van der Waals surface area contributed by atoms with Gasteiger partial charge >= 0.3 is 0 Å². The Labute approximate surface area is 171 Å². The number of benzene rings is 1. The first kappa shape index (κ1) is 20.0. The van der Waals surface area contributed by atoms with E-state index < -0.39 is 21.0 Å². The molecule has 12 heteroatoms. The number of carbonyl (C=O) groups excluding carboxylic acids is 1. The summed E-state index contributed by atoms with van der Waals surface area (Å²) in [5, 5.41) is 11.7. The van der Waals surface area contributed by atoms with Gasteiger partial charge in [0.15, 0.2) is 5.13 Å². The lowest BCUT2D eigenvalue weighted by molar-refractivity contribution is -0.384. The van der Waals surface area contributed by atoms with Gasteiger partial charge in [-0.15, -0.1) is 0 Å². The van der Waals surface area contributed by atoms with Crippen LogP contribution in [0.1, 0.15) is 12.8 Å². The minimum Gasteiger partial charge on any atom is -0.345 e. The highest BCUT2D eigenvalue weighted by atomic mass is 32.2. The standard InChI is InChI=1S/C17H21N5O5S2/c1-29(26,27)21-6-2-3-14(21)16(23)19-7-9-20(10-8-19)17-18-13-5-4-12(22(24)25)11-15(13)28-17/h4-5,11,14H,2-3,6-10H2,1H3. The van der Waals surface area contributed by atoms with E-state index in [1.165, 1.54) is 27.8 Å². The summed E-state index contributed by atoms with van der Waals surface area (Å²) in [6.45, 7) is 2.54. The van der Waals surface area contributed by atoms with E-state index >= 15 is 0 Å². The number of rotatable bonds is 4. The van der Waals surface area contributed by atoms with Crippen LogP contribution in [0.4, 0.5) is 10.8 Å². The maximum Gasteiger partial charge on any atom is 0.270 e. The number of anilines is 1. The number of nitro benzene ring substituents is 1. The third-order valence-electron chi connectivity index (χ3n) is 5.35. The Morgan fingerprint density at radius 2 is 1.97 bits per heavy atom. The number of nitrogens with zero attached hydrogens (tertiary/aromatic N) is 5. The number of aromatic nitrogens is 1. The smallest absolute Gasteiger partial charge is 0.270 e. The molecule has 0 radical (unpaired) electrons. The second-order valence-corrected chi connectivity index (χ2v) is 10.2. The second kappa shape index (κ2) is 7.50. The summed E-state index contributed by atoms with van der Waals surface area (Å²) in [6.07, 6.45) is 2.40. The molecule has 0 saturated carbocycles. The van der Waals surface area contributed by atoms with Gasteiger partial charge in [0.1, 0.15) is 6.04 Å². The van der Waals surface area contributed by atoms with Crippen molar-refractivity contribution in [2.75, 3.05) is 43.9 Å². The zero-order valence-electron chi connectivity index (χ0n) is 15.9. The van der Waals surface area contributed by atoms with Gasteiger partial charge in [-0.2, -0.15) is 4.31 Å². The molecule has 1 atom stereocenters. The van der Waals surface area contributed by atoms with Crippen molar-refractivity contribution in [1.82, 2.24) is 14.2 Å². The van der Waals surface area contributed by atoms with E-state index in [-0.39, 0.29) is 11.6 Å². The fourth-order valence-electron chi connectivity index (χ4n) is 3.86. The van der Waals surface area contributed by atoms with E-state index in [0.29, 0.717) is 51.1 Å². The number of sulfonamides is 1. The van der Waals surface area contributed by atoms with Crippen molar-refractivity contribution in [3.8, 4) is 0 Å². The van der Waals surface area contributed by atoms with Crippen LogP contribution >= 0.6 is 11.3 Å². The maximum atomic E-state index is 12.9. The number of carbonyl (C=O) groups is 1. The second-order valence-electron chi connectivity index (χ2n) is 7.25. The molecular weight excluding hydrogens is 418 g/mol.